The molecule has 1 atom stereocenters. The Morgan fingerprint density at radius 1 is 1.14 bits per heavy atom. The second-order valence-electron chi connectivity index (χ2n) is 10.5. The van der Waals surface area contributed by atoms with Crippen LogP contribution in [-0.2, 0) is 9.59 Å². The van der Waals surface area contributed by atoms with Crippen molar-refractivity contribution in [2.75, 3.05) is 27.2 Å². The average Bonchev–Trinajstić information content (AvgIpc) is 2.95. The van der Waals surface area contributed by atoms with Gasteiger partial charge in [0.05, 0.1) is 17.2 Å². The summed E-state index contributed by atoms with van der Waals surface area (Å²) in [7, 11) is 2.76. The number of hydrogen-bond donors (Lipinski definition) is 2. The van der Waals surface area contributed by atoms with E-state index in [1.54, 1.807) is 0 Å². The standard InChI is InChI=1S/C22H26F3N5O5.C8H16/c1-15(19(32)33)13-29(3)21(34)28-20(30(4)14-31)27-17-7-9-18(10-8-17)35-11-5-6-16(12-26-2)22(23,24)25;1-7-3-5-8(2)6-4-7/h5-10,12,14-15H,2,11,13H2,1,3-4H3,(H,32,33)(H,27,28,34);7-8H,3-6H2,1-2H3/b6-5-,16-12+;/t15-;/m0./s1. The Bertz CT molecular complexity index is 1130. The Morgan fingerprint density at radius 2 is 1.70 bits per heavy atom. The van der Waals surface area contributed by atoms with Gasteiger partial charge in [-0.3, -0.25) is 24.8 Å². The maximum Gasteiger partial charge on any atom is 0.417 e. The molecule has 1 aromatic rings. The number of carboxylic acids is 1. The van der Waals surface area contributed by atoms with Crippen molar-refractivity contribution in [3.63, 3.8) is 0 Å². The maximum atomic E-state index is 12.8. The van der Waals surface area contributed by atoms with Crippen LogP contribution in [0.3, 0.4) is 0 Å². The highest BCUT2D eigenvalue weighted by atomic mass is 19.4. The van der Waals surface area contributed by atoms with E-state index in [0.29, 0.717) is 24.0 Å². The van der Waals surface area contributed by atoms with Crippen LogP contribution in [0, 0.1) is 17.8 Å². The van der Waals surface area contributed by atoms with E-state index in [9.17, 15) is 27.6 Å². The lowest BCUT2D eigenvalue weighted by atomic mass is 9.84. The number of benzene rings is 1. The Hall–Kier alpha value is -4.16. The van der Waals surface area contributed by atoms with Crippen LogP contribution in [0.2, 0.25) is 0 Å². The number of allylic oxidation sites excluding steroid dienone is 2. The van der Waals surface area contributed by atoms with Gasteiger partial charge in [-0.2, -0.15) is 13.2 Å². The normalized spacial score (nSPS) is 18.1. The van der Waals surface area contributed by atoms with Crippen molar-refractivity contribution in [2.24, 2.45) is 27.7 Å². The maximum absolute atomic E-state index is 12.8. The average molecular weight is 610 g/mol. The first-order valence-corrected chi connectivity index (χ1v) is 13.8. The number of alkyl halides is 3. The van der Waals surface area contributed by atoms with Gasteiger partial charge < -0.3 is 14.7 Å². The third-order valence-corrected chi connectivity index (χ3v) is 6.60. The van der Waals surface area contributed by atoms with Crippen LogP contribution in [0.4, 0.5) is 23.7 Å². The van der Waals surface area contributed by atoms with E-state index in [-0.39, 0.29) is 19.1 Å². The number of aliphatic carboxylic acids is 1. The number of aliphatic imine (C=N–C) groups is 2. The van der Waals surface area contributed by atoms with Crippen molar-refractivity contribution < 1.29 is 37.4 Å². The Kier molecular flexibility index (Phi) is 15.8. The van der Waals surface area contributed by atoms with Crippen molar-refractivity contribution in [3.8, 4) is 5.75 Å². The van der Waals surface area contributed by atoms with E-state index in [0.717, 1.165) is 27.7 Å². The Morgan fingerprint density at radius 3 is 2.16 bits per heavy atom. The number of urea groups is 1. The molecule has 2 rings (SSSR count). The number of guanidine groups is 1. The number of ether oxygens (including phenoxy) is 1. The lowest BCUT2D eigenvalue weighted by Gasteiger charge is -2.22. The number of nitrogens with one attached hydrogen (secondary N) is 1. The molecule has 0 radical (unpaired) electrons. The second kappa shape index (κ2) is 18.4. The van der Waals surface area contributed by atoms with Crippen molar-refractivity contribution in [3.05, 3.63) is 48.2 Å². The van der Waals surface area contributed by atoms with E-state index in [4.69, 9.17) is 9.84 Å². The summed E-state index contributed by atoms with van der Waals surface area (Å²) < 4.78 is 43.6. The third-order valence-electron chi connectivity index (χ3n) is 6.60. The number of nitrogens with zero attached hydrogens (tertiary/aromatic N) is 4. The molecule has 1 saturated carbocycles. The van der Waals surface area contributed by atoms with Gasteiger partial charge in [0.25, 0.3) is 0 Å². The minimum Gasteiger partial charge on any atom is -0.490 e. The Balaban J connectivity index is 0.000000990. The van der Waals surface area contributed by atoms with Gasteiger partial charge >= 0.3 is 18.2 Å². The van der Waals surface area contributed by atoms with E-state index in [1.165, 1.54) is 77.0 Å². The van der Waals surface area contributed by atoms with Crippen molar-refractivity contribution >= 4 is 36.8 Å². The van der Waals surface area contributed by atoms with Gasteiger partial charge in [0.1, 0.15) is 12.4 Å². The summed E-state index contributed by atoms with van der Waals surface area (Å²) in [5.41, 5.74) is -0.643. The van der Waals surface area contributed by atoms with Crippen molar-refractivity contribution in [2.45, 2.75) is 52.6 Å². The fourth-order valence-corrected chi connectivity index (χ4v) is 3.80. The highest BCUT2D eigenvalue weighted by Gasteiger charge is 2.31. The fourth-order valence-electron chi connectivity index (χ4n) is 3.80. The third kappa shape index (κ3) is 14.5. The summed E-state index contributed by atoms with van der Waals surface area (Å²) in [6.45, 7) is 8.97. The quantitative estimate of drug-likeness (QED) is 0.145. The molecule has 0 aromatic heterocycles. The molecule has 1 aromatic carbocycles. The van der Waals surface area contributed by atoms with Crippen LogP contribution in [0.1, 0.15) is 46.5 Å². The van der Waals surface area contributed by atoms with Crippen molar-refractivity contribution in [1.82, 2.24) is 15.1 Å². The molecule has 0 aliphatic heterocycles. The molecule has 1 aliphatic rings. The molecule has 10 nitrogen and oxygen atoms in total. The highest BCUT2D eigenvalue weighted by Crippen LogP contribution is 2.27. The molecule has 0 unspecified atom stereocenters. The molecule has 0 bridgehead atoms. The second-order valence-corrected chi connectivity index (χ2v) is 10.5. The zero-order valence-electron chi connectivity index (χ0n) is 25.3. The molecule has 238 valence electrons. The van der Waals surface area contributed by atoms with E-state index < -0.39 is 29.7 Å². The number of carboxylic acid groups (broad SMARTS) is 1. The molecule has 0 spiro atoms. The van der Waals surface area contributed by atoms with Crippen LogP contribution in [-0.4, -0.2) is 79.4 Å². The summed E-state index contributed by atoms with van der Waals surface area (Å²) in [5.74, 6) is 0.403. The summed E-state index contributed by atoms with van der Waals surface area (Å²) in [6.07, 6.45) is 4.35. The van der Waals surface area contributed by atoms with Crippen molar-refractivity contribution in [1.29, 1.82) is 0 Å². The van der Waals surface area contributed by atoms with E-state index in [2.05, 4.69) is 35.9 Å². The summed E-state index contributed by atoms with van der Waals surface area (Å²) in [5, 5.41) is 11.4. The van der Waals surface area contributed by atoms with Crippen LogP contribution >= 0.6 is 0 Å². The molecule has 2 N–H and O–H groups in total. The zero-order chi connectivity index (χ0) is 32.6. The molecular weight excluding hydrogens is 567 g/mol. The van der Waals surface area contributed by atoms with Crippen LogP contribution in [0.15, 0.2) is 58.2 Å². The van der Waals surface area contributed by atoms with Crippen LogP contribution in [0.25, 0.3) is 0 Å². The first-order valence-electron chi connectivity index (χ1n) is 13.8. The lowest BCUT2D eigenvalue weighted by Crippen LogP contribution is -2.48. The summed E-state index contributed by atoms with van der Waals surface area (Å²) in [6, 6.07) is 5.33. The van der Waals surface area contributed by atoms with Gasteiger partial charge in [-0.15, -0.1) is 0 Å². The minimum atomic E-state index is -4.57. The molecule has 1 fully saturated rings. The summed E-state index contributed by atoms with van der Waals surface area (Å²) >= 11 is 0. The minimum absolute atomic E-state index is 0.0654. The number of amides is 3. The SMILES string of the molecule is C=N/C=C(\C=C/COc1ccc(N=C(NC(=O)N(C)C[C@H](C)C(=O)O)N(C)C=O)cc1)C(F)(F)F.CC1CCC(C)CC1. The van der Waals surface area contributed by atoms with Gasteiger partial charge in [0, 0.05) is 26.8 Å². The lowest BCUT2D eigenvalue weighted by molar-refractivity contribution is -0.141. The Labute approximate surface area is 251 Å². The monoisotopic (exact) mass is 609 g/mol. The van der Waals surface area contributed by atoms with Gasteiger partial charge in [-0.1, -0.05) is 46.5 Å². The molecule has 13 heteroatoms. The largest absolute Gasteiger partial charge is 0.490 e. The van der Waals surface area contributed by atoms with Crippen LogP contribution < -0.4 is 10.1 Å². The molecule has 0 saturated heterocycles. The zero-order valence-corrected chi connectivity index (χ0v) is 25.3. The smallest absolute Gasteiger partial charge is 0.417 e. The molecule has 3 amide bonds. The predicted octanol–water partition coefficient (Wildman–Crippen LogP) is 6.04. The molecular formula is C30H42F3N5O5. The molecule has 1 aliphatic carbocycles. The summed E-state index contributed by atoms with van der Waals surface area (Å²) in [4.78, 5) is 44.0. The van der Waals surface area contributed by atoms with Gasteiger partial charge in [-0.25, -0.2) is 9.79 Å². The van der Waals surface area contributed by atoms with E-state index >= 15 is 0 Å². The number of rotatable bonds is 10. The number of carbonyl (C=O) groups excluding carboxylic acids is 2. The van der Waals surface area contributed by atoms with Crippen LogP contribution in [0.5, 0.6) is 5.75 Å². The fraction of sp³-hybridized carbons (Fsp3) is 0.500. The highest BCUT2D eigenvalue weighted by molar-refractivity contribution is 6.01. The first-order chi connectivity index (χ1) is 20.2. The first kappa shape index (κ1) is 36.9. The molecule has 0 heterocycles. The van der Waals surface area contributed by atoms with Gasteiger partial charge in [-0.05, 0) is 55.0 Å². The van der Waals surface area contributed by atoms with E-state index in [1.807, 2.05) is 0 Å². The predicted molar refractivity (Wildman–Crippen MR) is 160 cm³/mol. The number of hydrogen-bond acceptors (Lipinski definition) is 6. The number of carbonyl (C=O) groups is 3. The number of halogens is 3. The van der Waals surface area contributed by atoms with Gasteiger partial charge in [0.2, 0.25) is 12.4 Å². The topological polar surface area (TPSA) is 124 Å². The van der Waals surface area contributed by atoms with Gasteiger partial charge in [0.15, 0.2) is 0 Å². The molecule has 43 heavy (non-hydrogen) atoms.